The summed E-state index contributed by atoms with van der Waals surface area (Å²) in [7, 11) is 0. The minimum absolute atomic E-state index is 0.0664. The highest BCUT2D eigenvalue weighted by atomic mass is 16.4. The minimum Gasteiger partial charge on any atom is -0.481 e. The molecule has 4 aliphatic heterocycles. The maximum atomic E-state index is 11.9. The van der Waals surface area contributed by atoms with Crippen LogP contribution in [0.2, 0.25) is 0 Å². The van der Waals surface area contributed by atoms with E-state index in [2.05, 4.69) is 41.2 Å². The zero-order valence-corrected chi connectivity index (χ0v) is 25.1. The van der Waals surface area contributed by atoms with Crippen molar-refractivity contribution < 1.29 is 25.2 Å². The Morgan fingerprint density at radius 1 is 1.12 bits per heavy atom. The summed E-state index contributed by atoms with van der Waals surface area (Å²) in [5, 5.41) is 50.0. The molecule has 3 saturated heterocycles. The first-order valence-electron chi connectivity index (χ1n) is 16.2. The molecule has 0 aromatic heterocycles. The first-order valence-corrected chi connectivity index (χ1v) is 16.2. The van der Waals surface area contributed by atoms with Gasteiger partial charge in [-0.3, -0.25) is 9.69 Å². The Bertz CT molecular complexity index is 1010. The predicted octanol–water partition coefficient (Wildman–Crippen LogP) is 2.66. The van der Waals surface area contributed by atoms with E-state index in [1.165, 1.54) is 6.42 Å². The number of hydrogen-bond acceptors (Lipinski definition) is 7. The van der Waals surface area contributed by atoms with E-state index in [0.717, 1.165) is 70.9 Å². The number of carboxylic acid groups (broad SMARTS) is 1. The molecule has 0 spiro atoms. The lowest BCUT2D eigenvalue weighted by molar-refractivity contribution is -0.145. The van der Waals surface area contributed by atoms with E-state index in [0.29, 0.717) is 18.4 Å². The number of piperidine rings is 3. The predicted molar refractivity (Wildman–Crippen MR) is 159 cm³/mol. The highest BCUT2D eigenvalue weighted by Gasteiger charge is 2.44. The van der Waals surface area contributed by atoms with Gasteiger partial charge >= 0.3 is 5.97 Å². The summed E-state index contributed by atoms with van der Waals surface area (Å²) in [5.74, 6) is 6.57. The van der Waals surface area contributed by atoms with Crippen LogP contribution in [0.5, 0.6) is 0 Å². The molecule has 1 aliphatic carbocycles. The Balaban J connectivity index is 1.32. The van der Waals surface area contributed by atoms with E-state index in [9.17, 15) is 25.2 Å². The molecule has 230 valence electrons. The lowest BCUT2D eigenvalue weighted by Gasteiger charge is -2.48. The average Bonchev–Trinajstić information content (AvgIpc) is 2.93. The number of rotatable bonds is 5. The van der Waals surface area contributed by atoms with Crippen LogP contribution >= 0.6 is 0 Å². The molecule has 3 fully saturated rings. The molecule has 8 heteroatoms. The number of carbonyl (C=O) groups is 1. The standard InChI is InChI=1S/C33H53N3O5/c1-22-29(37)11-9-28-17-24(12-15-36(22)28)7-6-23-4-3-5-27-19-32(2,13-14-34-27)35-21-33(41,20-31(39)40)26-8-10-30(38)25(16-23)18-26/h8,10,22-30,34-35,37-38,41H,5-7,9,11-21H2,1-2H3,(H,39,40)/t22-,23-,24-,25-,26-,27+,28-,29+,30-,32+,33+/m0/s1. The Hall–Kier alpha value is -1.47. The molecule has 5 rings (SSSR count). The fraction of sp³-hybridized carbons (Fsp3) is 0.848. The maximum Gasteiger partial charge on any atom is 0.306 e. The van der Waals surface area contributed by atoms with Crippen molar-refractivity contribution >= 4 is 5.97 Å². The van der Waals surface area contributed by atoms with Gasteiger partial charge < -0.3 is 31.1 Å². The number of aliphatic carboxylic acids is 1. The van der Waals surface area contributed by atoms with Crippen LogP contribution in [0.15, 0.2) is 12.2 Å². The fourth-order valence-corrected chi connectivity index (χ4v) is 8.55. The van der Waals surface area contributed by atoms with Gasteiger partial charge in [-0.1, -0.05) is 18.1 Å². The van der Waals surface area contributed by atoms with Gasteiger partial charge in [0.15, 0.2) is 0 Å². The third-order valence-electron chi connectivity index (χ3n) is 11.3. The van der Waals surface area contributed by atoms with Crippen molar-refractivity contribution in [1.29, 1.82) is 0 Å². The van der Waals surface area contributed by atoms with Crippen molar-refractivity contribution in [3.05, 3.63) is 12.2 Å². The lowest BCUT2D eigenvalue weighted by Crippen LogP contribution is -2.59. The largest absolute Gasteiger partial charge is 0.481 e. The second kappa shape index (κ2) is 13.0. The maximum absolute atomic E-state index is 11.9. The van der Waals surface area contributed by atoms with Crippen molar-refractivity contribution in [1.82, 2.24) is 15.5 Å². The molecule has 0 unspecified atom stereocenters. The number of nitrogens with zero attached hydrogens (tertiary/aromatic N) is 1. The second-order valence-electron chi connectivity index (χ2n) is 14.4. The van der Waals surface area contributed by atoms with Crippen LogP contribution in [0.3, 0.4) is 0 Å². The van der Waals surface area contributed by atoms with Crippen LogP contribution < -0.4 is 10.6 Å². The highest BCUT2D eigenvalue weighted by molar-refractivity contribution is 5.68. The zero-order chi connectivity index (χ0) is 29.2. The molecule has 0 amide bonds. The number of aliphatic hydroxyl groups is 3. The first kappa shape index (κ1) is 31.0. The minimum atomic E-state index is -1.42. The Labute approximate surface area is 246 Å². The van der Waals surface area contributed by atoms with E-state index >= 15 is 0 Å². The number of aliphatic hydroxyl groups excluding tert-OH is 2. The third kappa shape index (κ3) is 7.55. The molecular formula is C33H53N3O5. The molecular weight excluding hydrogens is 518 g/mol. The molecule has 6 N–H and O–H groups in total. The summed E-state index contributed by atoms with van der Waals surface area (Å²) < 4.78 is 0. The van der Waals surface area contributed by atoms with Crippen molar-refractivity contribution in [3.63, 3.8) is 0 Å². The Morgan fingerprint density at radius 3 is 2.76 bits per heavy atom. The number of hydrogen-bond donors (Lipinski definition) is 6. The zero-order valence-electron chi connectivity index (χ0n) is 25.1. The molecule has 0 saturated carbocycles. The Kier molecular flexibility index (Phi) is 9.84. The normalized spacial score (nSPS) is 45.5. The van der Waals surface area contributed by atoms with E-state index < -0.39 is 17.7 Å². The molecule has 0 aromatic carbocycles. The van der Waals surface area contributed by atoms with Gasteiger partial charge in [0.05, 0.1) is 24.2 Å². The summed E-state index contributed by atoms with van der Waals surface area (Å²) in [6.45, 7) is 6.47. The van der Waals surface area contributed by atoms with Crippen LogP contribution in [0.1, 0.15) is 90.9 Å². The number of fused-ring (bicyclic) bond motifs is 5. The van der Waals surface area contributed by atoms with Crippen LogP contribution in [0, 0.1) is 35.5 Å². The van der Waals surface area contributed by atoms with E-state index in [-0.39, 0.29) is 54.4 Å². The monoisotopic (exact) mass is 571 g/mol. The third-order valence-corrected chi connectivity index (χ3v) is 11.3. The first-order chi connectivity index (χ1) is 19.5. The molecule has 41 heavy (non-hydrogen) atoms. The van der Waals surface area contributed by atoms with Gasteiger partial charge in [0.1, 0.15) is 0 Å². The van der Waals surface area contributed by atoms with Crippen molar-refractivity contribution in [2.75, 3.05) is 19.6 Å². The second-order valence-corrected chi connectivity index (χ2v) is 14.4. The fourth-order valence-electron chi connectivity index (χ4n) is 8.55. The number of nitrogens with one attached hydrogen (secondary N) is 2. The number of carboxylic acids is 1. The van der Waals surface area contributed by atoms with Crippen LogP contribution in [-0.2, 0) is 4.79 Å². The molecule has 11 atom stereocenters. The van der Waals surface area contributed by atoms with Gasteiger partial charge in [0.25, 0.3) is 0 Å². The van der Waals surface area contributed by atoms with E-state index in [4.69, 9.17) is 0 Å². The van der Waals surface area contributed by atoms with E-state index in [1.807, 2.05) is 6.08 Å². The summed E-state index contributed by atoms with van der Waals surface area (Å²) in [5.41, 5.74) is -1.62. The van der Waals surface area contributed by atoms with Crippen LogP contribution in [0.4, 0.5) is 0 Å². The van der Waals surface area contributed by atoms with Gasteiger partial charge in [-0.2, -0.15) is 0 Å². The van der Waals surface area contributed by atoms with Crippen molar-refractivity contribution in [3.8, 4) is 11.8 Å². The summed E-state index contributed by atoms with van der Waals surface area (Å²) in [6, 6.07) is 1.07. The molecule has 0 radical (unpaired) electrons. The summed E-state index contributed by atoms with van der Waals surface area (Å²) in [6.07, 6.45) is 12.8. The highest BCUT2D eigenvalue weighted by Crippen LogP contribution is 2.40. The smallest absolute Gasteiger partial charge is 0.306 e. The number of β-amino-alcohol motifs (C(OH)–C–C–N with tert-alkyl or cyclic N) is 1. The lowest BCUT2D eigenvalue weighted by atomic mass is 9.70. The topological polar surface area (TPSA) is 125 Å². The summed E-state index contributed by atoms with van der Waals surface area (Å²) in [4.78, 5) is 14.4. The van der Waals surface area contributed by atoms with Gasteiger partial charge in [0, 0.05) is 48.5 Å². The quantitative estimate of drug-likeness (QED) is 0.220. The van der Waals surface area contributed by atoms with Gasteiger partial charge in [-0.05, 0) is 103 Å². The summed E-state index contributed by atoms with van der Waals surface area (Å²) >= 11 is 0. The van der Waals surface area contributed by atoms with Gasteiger partial charge in [-0.15, -0.1) is 5.92 Å². The molecule has 5 aliphatic rings. The molecule has 4 bridgehead atoms. The van der Waals surface area contributed by atoms with Gasteiger partial charge in [0.2, 0.25) is 0 Å². The molecule has 8 nitrogen and oxygen atoms in total. The van der Waals surface area contributed by atoms with Gasteiger partial charge in [-0.25, -0.2) is 0 Å². The van der Waals surface area contributed by atoms with Crippen LogP contribution in [-0.4, -0.2) is 92.4 Å². The Morgan fingerprint density at radius 2 is 1.95 bits per heavy atom. The van der Waals surface area contributed by atoms with Crippen LogP contribution in [0.25, 0.3) is 0 Å². The SMILES string of the molecule is C[C@H]1[C@H](O)CC[C@H]2C[C@@H](CC[C@@H]3C#CC[C@@H]4C[C@@](C)(CCN4)NC[C@](O)(CC(=O)O)[C@H]4C=C[C@H](O)[C@@H](C3)C4)CCN21. The average molecular weight is 572 g/mol. The molecule has 0 aromatic rings. The van der Waals surface area contributed by atoms with Crippen molar-refractivity contribution in [2.24, 2.45) is 23.7 Å². The van der Waals surface area contributed by atoms with E-state index in [1.54, 1.807) is 6.08 Å². The van der Waals surface area contributed by atoms with Crippen molar-refractivity contribution in [2.45, 2.75) is 132 Å². The molecule has 4 heterocycles.